The van der Waals surface area contributed by atoms with Gasteiger partial charge in [0.2, 0.25) is 0 Å². The van der Waals surface area contributed by atoms with Crippen molar-refractivity contribution in [2.45, 2.75) is 12.7 Å². The van der Waals surface area contributed by atoms with Crippen LogP contribution in [0.25, 0.3) is 10.9 Å². The minimum Gasteiger partial charge on any atom is -0.350 e. The third-order valence-corrected chi connectivity index (χ3v) is 4.75. The van der Waals surface area contributed by atoms with Gasteiger partial charge < -0.3 is 5.73 Å². The van der Waals surface area contributed by atoms with Gasteiger partial charge in [0.1, 0.15) is 6.17 Å². The van der Waals surface area contributed by atoms with Crippen molar-refractivity contribution in [3.05, 3.63) is 42.1 Å². The second kappa shape index (κ2) is 6.35. The summed E-state index contributed by atoms with van der Waals surface area (Å²) in [5, 5.41) is 2.46. The smallest absolute Gasteiger partial charge is 0.340 e. The van der Waals surface area contributed by atoms with Crippen LogP contribution in [-0.4, -0.2) is 64.8 Å². The van der Waals surface area contributed by atoms with Gasteiger partial charge in [0, 0.05) is 44.3 Å². The highest BCUT2D eigenvalue weighted by molar-refractivity contribution is 5.81. The lowest BCUT2D eigenvalue weighted by Gasteiger charge is -2.47. The number of aromatic nitrogens is 1. The molecule has 1 unspecified atom stereocenters. The van der Waals surface area contributed by atoms with Crippen LogP contribution in [0.5, 0.6) is 0 Å². The minimum absolute atomic E-state index is 0.118. The van der Waals surface area contributed by atoms with E-state index in [1.807, 2.05) is 12.3 Å². The molecule has 2 N–H and O–H groups in total. The number of hydroxylamine groups is 2. The summed E-state index contributed by atoms with van der Waals surface area (Å²) < 4.78 is 0. The van der Waals surface area contributed by atoms with E-state index < -0.39 is 6.03 Å². The lowest BCUT2D eigenvalue weighted by Crippen LogP contribution is -2.65. The number of rotatable bonds is 2. The number of benzene rings is 1. The highest BCUT2D eigenvalue weighted by Gasteiger charge is 2.37. The van der Waals surface area contributed by atoms with Crippen LogP contribution in [0, 0.1) is 0 Å². The zero-order chi connectivity index (χ0) is 16.5. The molecule has 0 radical (unpaired) electrons. The van der Waals surface area contributed by atoms with Crippen LogP contribution in [0.1, 0.15) is 5.56 Å². The maximum absolute atomic E-state index is 11.6. The molecule has 24 heavy (non-hydrogen) atoms. The summed E-state index contributed by atoms with van der Waals surface area (Å²) in [5.74, 6) is 0. The first-order valence-electron chi connectivity index (χ1n) is 8.23. The Labute approximate surface area is 140 Å². The van der Waals surface area contributed by atoms with Gasteiger partial charge in [0.25, 0.3) is 0 Å². The Hall–Kier alpha value is -2.22. The van der Waals surface area contributed by atoms with Crippen molar-refractivity contribution in [1.82, 2.24) is 19.8 Å². The maximum atomic E-state index is 11.6. The van der Waals surface area contributed by atoms with E-state index in [-0.39, 0.29) is 6.17 Å². The first-order chi connectivity index (χ1) is 11.7. The Bertz CT molecular complexity index is 747. The Kier molecular flexibility index (Phi) is 4.05. The summed E-state index contributed by atoms with van der Waals surface area (Å²) in [6, 6.07) is 9.76. The molecule has 1 aromatic heterocycles. The molecule has 126 valence electrons. The van der Waals surface area contributed by atoms with E-state index in [2.05, 4.69) is 39.0 Å². The van der Waals surface area contributed by atoms with E-state index >= 15 is 0 Å². The van der Waals surface area contributed by atoms with Gasteiger partial charge in [-0.3, -0.25) is 19.6 Å². The monoisotopic (exact) mass is 327 g/mol. The van der Waals surface area contributed by atoms with E-state index in [0.29, 0.717) is 13.2 Å². The fourth-order valence-corrected chi connectivity index (χ4v) is 3.57. The van der Waals surface area contributed by atoms with Crippen LogP contribution in [-0.2, 0) is 11.4 Å². The van der Waals surface area contributed by atoms with Crippen molar-refractivity contribution in [2.24, 2.45) is 5.73 Å². The molecule has 2 fully saturated rings. The van der Waals surface area contributed by atoms with Gasteiger partial charge in [0.05, 0.1) is 12.1 Å². The second-order valence-electron chi connectivity index (χ2n) is 6.24. The predicted octanol–water partition coefficient (Wildman–Crippen LogP) is 1.00. The summed E-state index contributed by atoms with van der Waals surface area (Å²) in [4.78, 5) is 26.2. The van der Waals surface area contributed by atoms with Gasteiger partial charge in [-0.05, 0) is 11.6 Å². The zero-order valence-corrected chi connectivity index (χ0v) is 13.5. The van der Waals surface area contributed by atoms with Gasteiger partial charge in [-0.1, -0.05) is 24.3 Å². The summed E-state index contributed by atoms with van der Waals surface area (Å²) in [5.41, 5.74) is 7.69. The number of amides is 2. The Morgan fingerprint density at radius 1 is 1.25 bits per heavy atom. The molecular formula is C17H21N5O2. The summed E-state index contributed by atoms with van der Waals surface area (Å²) in [6.07, 6.45) is 1.71. The largest absolute Gasteiger partial charge is 0.350 e. The van der Waals surface area contributed by atoms with Crippen molar-refractivity contribution in [2.75, 3.05) is 32.8 Å². The number of hydrogen-bond acceptors (Lipinski definition) is 5. The fourth-order valence-electron chi connectivity index (χ4n) is 3.57. The summed E-state index contributed by atoms with van der Waals surface area (Å²) in [7, 11) is 0. The molecule has 2 aromatic rings. The molecule has 1 aromatic carbocycles. The molecule has 7 nitrogen and oxygen atoms in total. The molecule has 2 aliphatic heterocycles. The van der Waals surface area contributed by atoms with E-state index in [0.717, 1.165) is 37.1 Å². The third-order valence-electron chi connectivity index (χ3n) is 4.75. The summed E-state index contributed by atoms with van der Waals surface area (Å²) >= 11 is 0. The van der Waals surface area contributed by atoms with Crippen molar-refractivity contribution in [3.8, 4) is 0 Å². The Morgan fingerprint density at radius 3 is 3.00 bits per heavy atom. The molecular weight excluding hydrogens is 306 g/mol. The summed E-state index contributed by atoms with van der Waals surface area (Å²) in [6.45, 7) is 4.70. The van der Waals surface area contributed by atoms with E-state index in [1.165, 1.54) is 10.6 Å². The molecule has 0 spiro atoms. The van der Waals surface area contributed by atoms with Crippen LogP contribution in [0.2, 0.25) is 0 Å². The van der Waals surface area contributed by atoms with E-state index in [4.69, 9.17) is 10.6 Å². The molecule has 0 aliphatic carbocycles. The van der Waals surface area contributed by atoms with Gasteiger partial charge >= 0.3 is 6.03 Å². The van der Waals surface area contributed by atoms with Crippen molar-refractivity contribution in [3.63, 3.8) is 0 Å². The molecule has 2 amide bonds. The van der Waals surface area contributed by atoms with Crippen LogP contribution in [0.3, 0.4) is 0 Å². The van der Waals surface area contributed by atoms with Gasteiger partial charge in [-0.15, -0.1) is 0 Å². The number of fused-ring (bicyclic) bond motifs is 2. The predicted molar refractivity (Wildman–Crippen MR) is 89.8 cm³/mol. The average Bonchev–Trinajstić information content (AvgIpc) is 2.61. The highest BCUT2D eigenvalue weighted by atomic mass is 16.7. The molecule has 0 saturated carbocycles. The quantitative estimate of drug-likeness (QED) is 0.891. The normalized spacial score (nSPS) is 22.5. The van der Waals surface area contributed by atoms with Gasteiger partial charge in [-0.25, -0.2) is 4.79 Å². The van der Waals surface area contributed by atoms with Gasteiger partial charge in [-0.2, -0.15) is 5.06 Å². The number of urea groups is 1. The van der Waals surface area contributed by atoms with Gasteiger partial charge in [0.15, 0.2) is 0 Å². The molecule has 3 heterocycles. The number of pyridine rings is 1. The SMILES string of the molecule is NC(=O)N1OCCN2CCN(Cc3cccc4cccnc34)CC21. The lowest BCUT2D eigenvalue weighted by molar-refractivity contribution is -0.230. The number of para-hydroxylation sites is 1. The van der Waals surface area contributed by atoms with Crippen molar-refractivity contribution >= 4 is 16.9 Å². The zero-order valence-electron chi connectivity index (χ0n) is 13.5. The Balaban J connectivity index is 1.54. The standard InChI is InChI=1S/C17H21N5O2/c18-17(23)22-15-12-20(7-8-21(15)9-10-24-22)11-14-4-1-3-13-5-2-6-19-16(13)14/h1-6,15H,7-12H2,(H2,18,23). The minimum atomic E-state index is -0.529. The molecule has 2 aliphatic rings. The van der Waals surface area contributed by atoms with Crippen molar-refractivity contribution in [1.29, 1.82) is 0 Å². The van der Waals surface area contributed by atoms with Crippen LogP contribution in [0.15, 0.2) is 36.5 Å². The molecule has 0 bridgehead atoms. The average molecular weight is 327 g/mol. The molecule has 7 heteroatoms. The number of nitrogens with zero attached hydrogens (tertiary/aromatic N) is 4. The maximum Gasteiger partial charge on any atom is 0.340 e. The van der Waals surface area contributed by atoms with Crippen LogP contribution in [0.4, 0.5) is 4.79 Å². The number of carbonyl (C=O) groups excluding carboxylic acids is 1. The first kappa shape index (κ1) is 15.3. The number of hydrogen-bond donors (Lipinski definition) is 1. The third kappa shape index (κ3) is 2.82. The highest BCUT2D eigenvalue weighted by Crippen LogP contribution is 2.22. The van der Waals surface area contributed by atoms with Crippen molar-refractivity contribution < 1.29 is 9.63 Å². The molecule has 4 rings (SSSR count). The van der Waals surface area contributed by atoms with Crippen LogP contribution < -0.4 is 5.73 Å². The molecule has 2 saturated heterocycles. The Morgan fingerprint density at radius 2 is 2.12 bits per heavy atom. The van der Waals surface area contributed by atoms with Crippen LogP contribution >= 0.6 is 0 Å². The lowest BCUT2D eigenvalue weighted by atomic mass is 10.1. The van der Waals surface area contributed by atoms with E-state index in [9.17, 15) is 4.79 Å². The molecule has 1 atom stereocenters. The first-order valence-corrected chi connectivity index (χ1v) is 8.23. The van der Waals surface area contributed by atoms with E-state index in [1.54, 1.807) is 0 Å². The number of piperazine rings is 1. The number of carbonyl (C=O) groups is 1. The topological polar surface area (TPSA) is 74.9 Å². The number of nitrogens with two attached hydrogens (primary N) is 1. The second-order valence-corrected chi connectivity index (χ2v) is 6.24. The number of primary amides is 1. The fraction of sp³-hybridized carbons (Fsp3) is 0.412.